The van der Waals surface area contributed by atoms with Crippen molar-refractivity contribution in [1.82, 2.24) is 9.88 Å². The topological polar surface area (TPSA) is 73.8 Å². The van der Waals surface area contributed by atoms with Crippen LogP contribution in [0.3, 0.4) is 0 Å². The lowest BCUT2D eigenvalue weighted by Gasteiger charge is -2.22. The van der Waals surface area contributed by atoms with Gasteiger partial charge in [0.25, 0.3) is 5.91 Å². The highest BCUT2D eigenvalue weighted by Gasteiger charge is 2.31. The molecule has 0 N–H and O–H groups in total. The van der Waals surface area contributed by atoms with Crippen molar-refractivity contribution in [3.8, 4) is 0 Å². The zero-order valence-corrected chi connectivity index (χ0v) is 18.7. The van der Waals surface area contributed by atoms with Crippen molar-refractivity contribution in [3.63, 3.8) is 0 Å². The largest absolute Gasteiger partial charge is 0.309 e. The standard InChI is InChI=1S/C23H23FN4O3S/c1-26(2)11-4-12-27(23-25-18-8-7-16(24)14-19(18)32-23)22(31)15-5-3-6-17(13-15)28-20(29)9-10-21(28)30/h3,5-8,13-14H,4,9-12H2,1-2H3. The number of hydrogen-bond donors (Lipinski definition) is 0. The number of fused-ring (bicyclic) bond motifs is 1. The van der Waals surface area contributed by atoms with Crippen molar-refractivity contribution in [2.24, 2.45) is 0 Å². The van der Waals surface area contributed by atoms with Crippen LogP contribution in [-0.2, 0) is 9.59 Å². The van der Waals surface area contributed by atoms with Crippen molar-refractivity contribution in [1.29, 1.82) is 0 Å². The van der Waals surface area contributed by atoms with Gasteiger partial charge < -0.3 is 4.90 Å². The van der Waals surface area contributed by atoms with E-state index in [1.807, 2.05) is 19.0 Å². The van der Waals surface area contributed by atoms with Gasteiger partial charge >= 0.3 is 0 Å². The number of benzene rings is 2. The number of hydrogen-bond acceptors (Lipinski definition) is 6. The Bertz CT molecular complexity index is 1180. The van der Waals surface area contributed by atoms with Crippen LogP contribution in [0, 0.1) is 5.82 Å². The summed E-state index contributed by atoms with van der Waals surface area (Å²) in [6, 6.07) is 10.9. The molecule has 0 atom stereocenters. The summed E-state index contributed by atoms with van der Waals surface area (Å²) in [5.41, 5.74) is 1.37. The number of thiazole rings is 1. The first kappa shape index (κ1) is 22.0. The molecule has 1 saturated heterocycles. The molecule has 2 heterocycles. The lowest BCUT2D eigenvalue weighted by Crippen LogP contribution is -2.34. The molecule has 0 saturated carbocycles. The Morgan fingerprint density at radius 3 is 2.56 bits per heavy atom. The van der Waals surface area contributed by atoms with Gasteiger partial charge in [0.05, 0.1) is 15.9 Å². The van der Waals surface area contributed by atoms with Crippen LogP contribution in [0.25, 0.3) is 10.2 Å². The fourth-order valence-electron chi connectivity index (χ4n) is 3.63. The Hall–Kier alpha value is -3.17. The van der Waals surface area contributed by atoms with Gasteiger partial charge in [-0.1, -0.05) is 17.4 Å². The minimum Gasteiger partial charge on any atom is -0.309 e. The molecule has 1 fully saturated rings. The molecule has 166 valence electrons. The van der Waals surface area contributed by atoms with E-state index in [-0.39, 0.29) is 36.4 Å². The van der Waals surface area contributed by atoms with Crippen molar-refractivity contribution in [2.45, 2.75) is 19.3 Å². The minimum atomic E-state index is -0.356. The molecule has 9 heteroatoms. The number of nitrogens with zero attached hydrogens (tertiary/aromatic N) is 4. The molecule has 0 unspecified atom stereocenters. The summed E-state index contributed by atoms with van der Waals surface area (Å²) in [6.45, 7) is 1.20. The van der Waals surface area contributed by atoms with Gasteiger partial charge in [0.15, 0.2) is 5.13 Å². The fraction of sp³-hybridized carbons (Fsp3) is 0.304. The second kappa shape index (κ2) is 9.13. The van der Waals surface area contributed by atoms with Crippen molar-refractivity contribution < 1.29 is 18.8 Å². The van der Waals surface area contributed by atoms with Gasteiger partial charge in [-0.2, -0.15) is 0 Å². The molecular formula is C23H23FN4O3S. The summed E-state index contributed by atoms with van der Waals surface area (Å²) in [7, 11) is 3.92. The molecule has 7 nitrogen and oxygen atoms in total. The number of aromatic nitrogens is 1. The van der Waals surface area contributed by atoms with Crippen LogP contribution in [0.15, 0.2) is 42.5 Å². The van der Waals surface area contributed by atoms with Crippen molar-refractivity contribution in [2.75, 3.05) is 37.0 Å². The Morgan fingerprint density at radius 2 is 1.84 bits per heavy atom. The van der Waals surface area contributed by atoms with Gasteiger partial charge in [-0.25, -0.2) is 9.37 Å². The Morgan fingerprint density at radius 1 is 1.09 bits per heavy atom. The fourth-order valence-corrected chi connectivity index (χ4v) is 4.64. The summed E-state index contributed by atoms with van der Waals surface area (Å²) in [5, 5.41) is 0.480. The minimum absolute atomic E-state index is 0.177. The van der Waals surface area contributed by atoms with Gasteiger partial charge in [0, 0.05) is 24.9 Å². The van der Waals surface area contributed by atoms with Gasteiger partial charge in [-0.3, -0.25) is 24.2 Å². The SMILES string of the molecule is CN(C)CCCN(C(=O)c1cccc(N2C(=O)CCC2=O)c1)c1nc2ccc(F)cc2s1. The number of carbonyl (C=O) groups excluding carboxylic acids is 3. The molecule has 0 aliphatic carbocycles. The van der Waals surface area contributed by atoms with Crippen LogP contribution < -0.4 is 9.80 Å². The number of carbonyl (C=O) groups is 3. The van der Waals surface area contributed by atoms with E-state index >= 15 is 0 Å². The van der Waals surface area contributed by atoms with Gasteiger partial charge in [0.1, 0.15) is 5.82 Å². The summed E-state index contributed by atoms with van der Waals surface area (Å²) in [4.78, 5) is 47.0. The molecule has 32 heavy (non-hydrogen) atoms. The Kier molecular flexibility index (Phi) is 6.29. The summed E-state index contributed by atoms with van der Waals surface area (Å²) in [5.74, 6) is -1.18. The molecule has 1 aromatic heterocycles. The van der Waals surface area contributed by atoms with E-state index in [2.05, 4.69) is 4.98 Å². The van der Waals surface area contributed by atoms with E-state index in [9.17, 15) is 18.8 Å². The van der Waals surface area contributed by atoms with E-state index in [1.165, 1.54) is 23.5 Å². The first-order valence-electron chi connectivity index (χ1n) is 10.3. The summed E-state index contributed by atoms with van der Waals surface area (Å²) in [6.07, 6.45) is 1.07. The zero-order chi connectivity index (χ0) is 22.8. The highest BCUT2D eigenvalue weighted by atomic mass is 32.1. The molecule has 0 bridgehead atoms. The molecular weight excluding hydrogens is 431 g/mol. The van der Waals surface area contributed by atoms with Crippen LogP contribution in [0.4, 0.5) is 15.2 Å². The Labute approximate surface area is 189 Å². The van der Waals surface area contributed by atoms with E-state index < -0.39 is 0 Å². The van der Waals surface area contributed by atoms with E-state index in [0.717, 1.165) is 11.4 Å². The van der Waals surface area contributed by atoms with E-state index in [0.29, 0.717) is 39.6 Å². The van der Waals surface area contributed by atoms with Gasteiger partial charge in [-0.15, -0.1) is 0 Å². The third-order valence-electron chi connectivity index (χ3n) is 5.21. The van der Waals surface area contributed by atoms with Crippen LogP contribution in [0.5, 0.6) is 0 Å². The Balaban J connectivity index is 1.67. The number of imide groups is 1. The predicted octanol–water partition coefficient (Wildman–Crippen LogP) is 3.69. The highest BCUT2D eigenvalue weighted by Crippen LogP contribution is 2.31. The average molecular weight is 455 g/mol. The maximum atomic E-state index is 13.7. The van der Waals surface area contributed by atoms with E-state index in [4.69, 9.17) is 0 Å². The quantitative estimate of drug-likeness (QED) is 0.509. The third-order valence-corrected chi connectivity index (χ3v) is 6.25. The van der Waals surface area contributed by atoms with E-state index in [1.54, 1.807) is 35.2 Å². The number of halogens is 1. The summed E-state index contributed by atoms with van der Waals surface area (Å²) >= 11 is 1.25. The molecule has 1 aliphatic heterocycles. The van der Waals surface area contributed by atoms with Crippen LogP contribution in [0.1, 0.15) is 29.6 Å². The van der Waals surface area contributed by atoms with Crippen LogP contribution >= 0.6 is 11.3 Å². The maximum Gasteiger partial charge on any atom is 0.260 e. The zero-order valence-electron chi connectivity index (χ0n) is 17.9. The van der Waals surface area contributed by atoms with Crippen molar-refractivity contribution in [3.05, 3.63) is 53.8 Å². The lowest BCUT2D eigenvalue weighted by molar-refractivity contribution is -0.121. The molecule has 3 amide bonds. The molecule has 0 radical (unpaired) electrons. The normalized spacial score (nSPS) is 14.1. The maximum absolute atomic E-state index is 13.7. The van der Waals surface area contributed by atoms with Gasteiger partial charge in [-0.05, 0) is 63.5 Å². The first-order valence-corrected chi connectivity index (χ1v) is 11.1. The molecule has 0 spiro atoms. The number of rotatable bonds is 7. The molecule has 4 rings (SSSR count). The average Bonchev–Trinajstić information content (AvgIpc) is 3.32. The summed E-state index contributed by atoms with van der Waals surface area (Å²) < 4.78 is 14.3. The second-order valence-corrected chi connectivity index (χ2v) is 8.90. The van der Waals surface area contributed by atoms with Crippen LogP contribution in [-0.4, -0.2) is 54.8 Å². The first-order chi connectivity index (χ1) is 15.3. The number of amides is 3. The number of anilines is 2. The lowest BCUT2D eigenvalue weighted by atomic mass is 10.1. The second-order valence-electron chi connectivity index (χ2n) is 7.90. The van der Waals surface area contributed by atoms with Crippen LogP contribution in [0.2, 0.25) is 0 Å². The smallest absolute Gasteiger partial charge is 0.260 e. The molecule has 3 aromatic rings. The molecule has 2 aromatic carbocycles. The highest BCUT2D eigenvalue weighted by molar-refractivity contribution is 7.22. The van der Waals surface area contributed by atoms with Gasteiger partial charge in [0.2, 0.25) is 11.8 Å². The monoisotopic (exact) mass is 454 g/mol. The predicted molar refractivity (Wildman–Crippen MR) is 123 cm³/mol. The third kappa shape index (κ3) is 4.53. The molecule has 1 aliphatic rings. The van der Waals surface area contributed by atoms with Crippen molar-refractivity contribution >= 4 is 50.1 Å².